The molecule has 0 bridgehead atoms. The highest BCUT2D eigenvalue weighted by Gasteiger charge is 2.18. The van der Waals surface area contributed by atoms with Crippen LogP contribution in [0.3, 0.4) is 0 Å². The quantitative estimate of drug-likeness (QED) is 0.812. The van der Waals surface area contributed by atoms with Gasteiger partial charge in [0, 0.05) is 6.08 Å². The molecule has 1 aliphatic heterocycles. The molecule has 1 saturated heterocycles. The van der Waals surface area contributed by atoms with Crippen LogP contribution in [0.25, 0.3) is 6.08 Å². The highest BCUT2D eigenvalue weighted by atomic mass is 19.1. The van der Waals surface area contributed by atoms with E-state index in [4.69, 9.17) is 14.6 Å². The number of halogens is 1. The van der Waals surface area contributed by atoms with Crippen LogP contribution in [0, 0.1) is 5.82 Å². The lowest BCUT2D eigenvalue weighted by Crippen LogP contribution is -2.35. The molecule has 1 aromatic carbocycles. The van der Waals surface area contributed by atoms with E-state index in [-0.39, 0.29) is 6.10 Å². The number of aliphatic carboxylic acids is 1. The van der Waals surface area contributed by atoms with Crippen LogP contribution < -0.4 is 0 Å². The van der Waals surface area contributed by atoms with Crippen molar-refractivity contribution in [1.29, 1.82) is 0 Å². The molecular formula is C13H13FO4. The fraction of sp³-hybridized carbons (Fsp3) is 0.308. The number of hydrogen-bond acceptors (Lipinski definition) is 3. The van der Waals surface area contributed by atoms with Crippen molar-refractivity contribution < 1.29 is 23.8 Å². The number of hydrogen-bond donors (Lipinski definition) is 1. The highest BCUT2D eigenvalue weighted by Crippen LogP contribution is 2.14. The Bertz CT molecular complexity index is 466. The smallest absolute Gasteiger partial charge is 0.328 e. The van der Waals surface area contributed by atoms with Crippen LogP contribution in [0.2, 0.25) is 0 Å². The lowest BCUT2D eigenvalue weighted by molar-refractivity contribution is -0.135. The molecule has 0 spiro atoms. The van der Waals surface area contributed by atoms with E-state index in [0.717, 1.165) is 6.08 Å². The largest absolute Gasteiger partial charge is 0.478 e. The Morgan fingerprint density at radius 3 is 2.89 bits per heavy atom. The van der Waals surface area contributed by atoms with E-state index < -0.39 is 11.8 Å². The summed E-state index contributed by atoms with van der Waals surface area (Å²) in [5.74, 6) is -1.48. The molecule has 1 fully saturated rings. The van der Waals surface area contributed by atoms with Gasteiger partial charge in [-0.15, -0.1) is 0 Å². The molecular weight excluding hydrogens is 239 g/mol. The molecule has 0 amide bonds. The normalized spacial score (nSPS) is 15.8. The number of carbonyl (C=O) groups is 1. The second-order valence-electron chi connectivity index (χ2n) is 4.03. The Morgan fingerprint density at radius 2 is 2.28 bits per heavy atom. The van der Waals surface area contributed by atoms with E-state index >= 15 is 0 Å². The van der Waals surface area contributed by atoms with Crippen molar-refractivity contribution in [2.75, 3.05) is 13.2 Å². The van der Waals surface area contributed by atoms with Crippen molar-refractivity contribution in [1.82, 2.24) is 0 Å². The Balaban J connectivity index is 2.02. The van der Waals surface area contributed by atoms with Crippen LogP contribution in [-0.4, -0.2) is 30.4 Å². The minimum atomic E-state index is -1.07. The molecule has 0 saturated carbocycles. The second kappa shape index (κ2) is 5.75. The van der Waals surface area contributed by atoms with Gasteiger partial charge in [-0.1, -0.05) is 0 Å². The Hall–Kier alpha value is -1.72. The first-order valence-corrected chi connectivity index (χ1v) is 5.53. The van der Waals surface area contributed by atoms with Crippen molar-refractivity contribution in [2.24, 2.45) is 0 Å². The molecule has 1 aromatic rings. The third-order valence-electron chi connectivity index (χ3n) is 2.49. The summed E-state index contributed by atoms with van der Waals surface area (Å²) in [6.45, 7) is 1.43. The maximum absolute atomic E-state index is 13.3. The molecule has 1 heterocycles. The van der Waals surface area contributed by atoms with Gasteiger partial charge in [-0.25, -0.2) is 9.18 Å². The van der Waals surface area contributed by atoms with Crippen molar-refractivity contribution in [2.45, 2.75) is 12.7 Å². The molecule has 1 aliphatic rings. The fourth-order valence-corrected chi connectivity index (χ4v) is 1.55. The lowest BCUT2D eigenvalue weighted by atomic mass is 10.1. The van der Waals surface area contributed by atoms with Crippen molar-refractivity contribution in [3.63, 3.8) is 0 Å². The van der Waals surface area contributed by atoms with Gasteiger partial charge >= 0.3 is 5.97 Å². The number of carboxylic acid groups (broad SMARTS) is 1. The predicted octanol–water partition coefficient (Wildman–Crippen LogP) is 1.84. The number of benzene rings is 1. The second-order valence-corrected chi connectivity index (χ2v) is 4.03. The van der Waals surface area contributed by atoms with Crippen LogP contribution >= 0.6 is 0 Å². The average molecular weight is 252 g/mol. The Morgan fingerprint density at radius 1 is 1.50 bits per heavy atom. The summed E-state index contributed by atoms with van der Waals surface area (Å²) in [4.78, 5) is 10.4. The van der Waals surface area contributed by atoms with E-state index in [0.29, 0.717) is 30.9 Å². The molecule has 0 aromatic heterocycles. The van der Waals surface area contributed by atoms with E-state index in [1.54, 1.807) is 6.07 Å². The predicted molar refractivity (Wildman–Crippen MR) is 62.5 cm³/mol. The van der Waals surface area contributed by atoms with Crippen LogP contribution in [0.15, 0.2) is 24.3 Å². The van der Waals surface area contributed by atoms with Gasteiger partial charge in [0.05, 0.1) is 19.8 Å². The first-order chi connectivity index (χ1) is 8.63. The topological polar surface area (TPSA) is 55.8 Å². The Labute approximate surface area is 104 Å². The maximum atomic E-state index is 13.3. The van der Waals surface area contributed by atoms with Gasteiger partial charge in [-0.3, -0.25) is 0 Å². The minimum absolute atomic E-state index is 0.0753. The summed E-state index contributed by atoms with van der Waals surface area (Å²) in [5, 5.41) is 8.51. The van der Waals surface area contributed by atoms with Crippen LogP contribution in [0.5, 0.6) is 0 Å². The van der Waals surface area contributed by atoms with Gasteiger partial charge in [-0.05, 0) is 35.4 Å². The lowest BCUT2D eigenvalue weighted by Gasteiger charge is -2.26. The highest BCUT2D eigenvalue weighted by molar-refractivity contribution is 5.85. The van der Waals surface area contributed by atoms with E-state index in [1.807, 2.05) is 0 Å². The van der Waals surface area contributed by atoms with Gasteiger partial charge in [0.2, 0.25) is 0 Å². The van der Waals surface area contributed by atoms with Crippen LogP contribution in [0.4, 0.5) is 4.39 Å². The maximum Gasteiger partial charge on any atom is 0.328 e. The Kier molecular flexibility index (Phi) is 4.07. The van der Waals surface area contributed by atoms with Gasteiger partial charge in [0.15, 0.2) is 0 Å². The summed E-state index contributed by atoms with van der Waals surface area (Å²) in [7, 11) is 0. The van der Waals surface area contributed by atoms with E-state index in [2.05, 4.69) is 0 Å². The molecule has 0 unspecified atom stereocenters. The SMILES string of the molecule is O=C(O)/C=C/c1cc(F)cc(COC2COC2)c1. The standard InChI is InChI=1S/C13H13FO4/c14-11-4-9(1-2-13(15)16)3-10(5-11)6-18-12-7-17-8-12/h1-5,12H,6-8H2,(H,15,16)/b2-1+. The third-order valence-corrected chi connectivity index (χ3v) is 2.49. The summed E-state index contributed by atoms with van der Waals surface area (Å²) < 4.78 is 23.7. The molecule has 18 heavy (non-hydrogen) atoms. The molecule has 0 aliphatic carbocycles. The van der Waals surface area contributed by atoms with Crippen LogP contribution in [-0.2, 0) is 20.9 Å². The van der Waals surface area contributed by atoms with Gasteiger partial charge in [0.25, 0.3) is 0 Å². The molecule has 0 radical (unpaired) electrons. The number of rotatable bonds is 5. The van der Waals surface area contributed by atoms with E-state index in [9.17, 15) is 9.18 Å². The van der Waals surface area contributed by atoms with Crippen molar-refractivity contribution in [3.8, 4) is 0 Å². The van der Waals surface area contributed by atoms with Crippen LogP contribution in [0.1, 0.15) is 11.1 Å². The fourth-order valence-electron chi connectivity index (χ4n) is 1.55. The zero-order valence-electron chi connectivity index (χ0n) is 9.64. The molecule has 4 nitrogen and oxygen atoms in total. The molecule has 5 heteroatoms. The third kappa shape index (κ3) is 3.65. The van der Waals surface area contributed by atoms with E-state index in [1.165, 1.54) is 18.2 Å². The monoisotopic (exact) mass is 252 g/mol. The minimum Gasteiger partial charge on any atom is -0.478 e. The van der Waals surface area contributed by atoms with Crippen molar-refractivity contribution in [3.05, 3.63) is 41.2 Å². The zero-order chi connectivity index (χ0) is 13.0. The molecule has 0 atom stereocenters. The summed E-state index contributed by atoms with van der Waals surface area (Å²) in [5.41, 5.74) is 1.17. The summed E-state index contributed by atoms with van der Waals surface area (Å²) >= 11 is 0. The zero-order valence-corrected chi connectivity index (χ0v) is 9.64. The molecule has 1 N–H and O–H groups in total. The van der Waals surface area contributed by atoms with Gasteiger partial charge in [-0.2, -0.15) is 0 Å². The number of carboxylic acids is 1. The molecule has 96 valence electrons. The molecule has 2 rings (SSSR count). The summed E-state index contributed by atoms with van der Waals surface area (Å²) in [6, 6.07) is 4.34. The average Bonchev–Trinajstić information content (AvgIpc) is 2.23. The van der Waals surface area contributed by atoms with Crippen molar-refractivity contribution >= 4 is 12.0 Å². The first-order valence-electron chi connectivity index (χ1n) is 5.53. The summed E-state index contributed by atoms with van der Waals surface area (Å²) in [6.07, 6.45) is 2.40. The van der Waals surface area contributed by atoms with Gasteiger partial charge < -0.3 is 14.6 Å². The first kappa shape index (κ1) is 12.7. The number of ether oxygens (including phenoxy) is 2. The van der Waals surface area contributed by atoms with Gasteiger partial charge in [0.1, 0.15) is 11.9 Å².